The van der Waals surface area contributed by atoms with Gasteiger partial charge in [0.15, 0.2) is 0 Å². The van der Waals surface area contributed by atoms with E-state index >= 15 is 0 Å². The van der Waals surface area contributed by atoms with Crippen LogP contribution in [0.15, 0.2) is 0 Å². The van der Waals surface area contributed by atoms with Gasteiger partial charge in [0, 0.05) is 19.7 Å². The van der Waals surface area contributed by atoms with Crippen molar-refractivity contribution < 1.29 is 4.74 Å². The average Bonchev–Trinajstić information content (AvgIpc) is 3.01. The Bertz CT molecular complexity index is 207. The van der Waals surface area contributed by atoms with Gasteiger partial charge in [0.05, 0.1) is 6.61 Å². The van der Waals surface area contributed by atoms with E-state index in [2.05, 4.69) is 19.2 Å². The second-order valence-corrected chi connectivity index (χ2v) is 5.82. The van der Waals surface area contributed by atoms with Crippen LogP contribution in [0.4, 0.5) is 0 Å². The van der Waals surface area contributed by atoms with Crippen molar-refractivity contribution in [2.24, 2.45) is 17.3 Å². The van der Waals surface area contributed by atoms with E-state index < -0.39 is 0 Å². The largest absolute Gasteiger partial charge is 0.383 e. The minimum absolute atomic E-state index is 0.534. The van der Waals surface area contributed by atoms with Crippen molar-refractivity contribution >= 4 is 0 Å². The standard InChI is InChI=1S/C13H25NO/c1-10(2)12(8-15-3)14-9-13(6-7-13)11-4-5-11/h10-12,14H,4-9H2,1-3H3. The fourth-order valence-corrected chi connectivity index (χ4v) is 2.59. The lowest BCUT2D eigenvalue weighted by Crippen LogP contribution is -2.41. The highest BCUT2D eigenvalue weighted by Crippen LogP contribution is 2.60. The summed E-state index contributed by atoms with van der Waals surface area (Å²) in [6, 6.07) is 0.534. The third-order valence-corrected chi connectivity index (χ3v) is 4.20. The van der Waals surface area contributed by atoms with Crippen molar-refractivity contribution in [3.63, 3.8) is 0 Å². The number of methoxy groups -OCH3 is 1. The number of hydrogen-bond acceptors (Lipinski definition) is 2. The topological polar surface area (TPSA) is 21.3 Å². The fraction of sp³-hybridized carbons (Fsp3) is 1.00. The van der Waals surface area contributed by atoms with Crippen molar-refractivity contribution in [2.45, 2.75) is 45.6 Å². The summed E-state index contributed by atoms with van der Waals surface area (Å²) in [7, 11) is 1.80. The van der Waals surface area contributed by atoms with Crippen molar-refractivity contribution in [1.29, 1.82) is 0 Å². The Morgan fingerprint density at radius 3 is 2.40 bits per heavy atom. The van der Waals surface area contributed by atoms with Gasteiger partial charge in [-0.3, -0.25) is 0 Å². The van der Waals surface area contributed by atoms with Gasteiger partial charge in [0.1, 0.15) is 0 Å². The average molecular weight is 211 g/mol. The second-order valence-electron chi connectivity index (χ2n) is 5.82. The zero-order valence-corrected chi connectivity index (χ0v) is 10.4. The Balaban J connectivity index is 1.75. The van der Waals surface area contributed by atoms with Gasteiger partial charge in [0.2, 0.25) is 0 Å². The molecule has 0 saturated heterocycles. The Labute approximate surface area is 93.8 Å². The maximum absolute atomic E-state index is 5.26. The number of ether oxygens (including phenoxy) is 1. The zero-order chi connectivity index (χ0) is 10.9. The van der Waals surface area contributed by atoms with Gasteiger partial charge in [-0.2, -0.15) is 0 Å². The van der Waals surface area contributed by atoms with E-state index in [4.69, 9.17) is 4.74 Å². The molecule has 0 aromatic carbocycles. The molecule has 1 unspecified atom stereocenters. The van der Waals surface area contributed by atoms with Crippen LogP contribution in [0.3, 0.4) is 0 Å². The van der Waals surface area contributed by atoms with Crippen LogP contribution in [-0.2, 0) is 4.74 Å². The molecule has 15 heavy (non-hydrogen) atoms. The van der Waals surface area contributed by atoms with Gasteiger partial charge < -0.3 is 10.1 Å². The molecule has 0 amide bonds. The molecule has 0 heterocycles. The first-order valence-electron chi connectivity index (χ1n) is 6.40. The summed E-state index contributed by atoms with van der Waals surface area (Å²) in [4.78, 5) is 0. The Morgan fingerprint density at radius 2 is 2.00 bits per heavy atom. The molecule has 2 saturated carbocycles. The van der Waals surface area contributed by atoms with Crippen molar-refractivity contribution in [3.05, 3.63) is 0 Å². The highest BCUT2D eigenvalue weighted by molar-refractivity contribution is 5.05. The van der Waals surface area contributed by atoms with Crippen LogP contribution in [0, 0.1) is 17.3 Å². The van der Waals surface area contributed by atoms with Crippen LogP contribution in [0.2, 0.25) is 0 Å². The van der Waals surface area contributed by atoms with Gasteiger partial charge >= 0.3 is 0 Å². The van der Waals surface area contributed by atoms with E-state index in [1.165, 1.54) is 32.2 Å². The molecule has 2 aliphatic rings. The summed E-state index contributed by atoms with van der Waals surface area (Å²) < 4.78 is 5.26. The van der Waals surface area contributed by atoms with Gasteiger partial charge in [-0.25, -0.2) is 0 Å². The first-order valence-corrected chi connectivity index (χ1v) is 6.40. The minimum atomic E-state index is 0.534. The molecule has 2 aliphatic carbocycles. The molecule has 1 atom stereocenters. The second kappa shape index (κ2) is 4.42. The third-order valence-electron chi connectivity index (χ3n) is 4.20. The lowest BCUT2D eigenvalue weighted by atomic mass is 9.98. The van der Waals surface area contributed by atoms with Crippen LogP contribution in [0.1, 0.15) is 39.5 Å². The molecule has 2 rings (SSSR count). The molecule has 0 aromatic rings. The van der Waals surface area contributed by atoms with Crippen LogP contribution in [-0.4, -0.2) is 26.3 Å². The number of hydrogen-bond donors (Lipinski definition) is 1. The van der Waals surface area contributed by atoms with Crippen molar-refractivity contribution in [3.8, 4) is 0 Å². The molecular weight excluding hydrogens is 186 g/mol. The lowest BCUT2D eigenvalue weighted by molar-refractivity contribution is 0.142. The van der Waals surface area contributed by atoms with E-state index in [1.54, 1.807) is 7.11 Å². The first kappa shape index (κ1) is 11.4. The van der Waals surface area contributed by atoms with Crippen molar-refractivity contribution in [2.75, 3.05) is 20.3 Å². The summed E-state index contributed by atoms with van der Waals surface area (Å²) in [5.41, 5.74) is 0.709. The molecule has 0 radical (unpaired) electrons. The SMILES string of the molecule is COCC(NCC1(C2CC2)CC1)C(C)C. The van der Waals surface area contributed by atoms with E-state index in [0.29, 0.717) is 17.4 Å². The zero-order valence-electron chi connectivity index (χ0n) is 10.4. The lowest BCUT2D eigenvalue weighted by Gasteiger charge is -2.25. The third kappa shape index (κ3) is 2.73. The summed E-state index contributed by atoms with van der Waals surface area (Å²) in [6.07, 6.45) is 5.89. The van der Waals surface area contributed by atoms with Gasteiger partial charge in [-0.15, -0.1) is 0 Å². The monoisotopic (exact) mass is 211 g/mol. The van der Waals surface area contributed by atoms with Crippen LogP contribution >= 0.6 is 0 Å². The molecule has 0 aliphatic heterocycles. The maximum atomic E-state index is 5.26. The van der Waals surface area contributed by atoms with E-state index in [-0.39, 0.29) is 0 Å². The molecule has 0 aromatic heterocycles. The molecule has 2 fully saturated rings. The van der Waals surface area contributed by atoms with Crippen molar-refractivity contribution in [1.82, 2.24) is 5.32 Å². The summed E-state index contributed by atoms with van der Waals surface area (Å²) in [6.45, 7) is 6.61. The Kier molecular flexibility index (Phi) is 3.36. The normalized spacial score (nSPS) is 25.6. The smallest absolute Gasteiger partial charge is 0.0618 e. The van der Waals surface area contributed by atoms with Crippen LogP contribution in [0.5, 0.6) is 0 Å². The number of rotatable bonds is 7. The molecule has 2 nitrogen and oxygen atoms in total. The minimum Gasteiger partial charge on any atom is -0.383 e. The van der Waals surface area contributed by atoms with E-state index in [9.17, 15) is 0 Å². The van der Waals surface area contributed by atoms with Crippen LogP contribution in [0.25, 0.3) is 0 Å². The Hall–Kier alpha value is -0.0800. The predicted octanol–water partition coefficient (Wildman–Crippen LogP) is 2.44. The quantitative estimate of drug-likeness (QED) is 0.698. The van der Waals surface area contributed by atoms with E-state index in [0.717, 1.165) is 12.5 Å². The summed E-state index contributed by atoms with van der Waals surface area (Å²) >= 11 is 0. The van der Waals surface area contributed by atoms with Gasteiger partial charge in [-0.1, -0.05) is 13.8 Å². The molecule has 0 bridgehead atoms. The van der Waals surface area contributed by atoms with E-state index in [1.807, 2.05) is 0 Å². The van der Waals surface area contributed by atoms with Gasteiger partial charge in [0.25, 0.3) is 0 Å². The molecular formula is C13H25NO. The molecule has 2 heteroatoms. The predicted molar refractivity (Wildman–Crippen MR) is 62.9 cm³/mol. The van der Waals surface area contributed by atoms with Crippen LogP contribution < -0.4 is 5.32 Å². The Morgan fingerprint density at radius 1 is 1.33 bits per heavy atom. The first-order chi connectivity index (χ1) is 7.18. The summed E-state index contributed by atoms with van der Waals surface area (Å²) in [5, 5.41) is 3.72. The summed E-state index contributed by atoms with van der Waals surface area (Å²) in [5.74, 6) is 1.72. The maximum Gasteiger partial charge on any atom is 0.0618 e. The molecule has 0 spiro atoms. The number of nitrogens with one attached hydrogen (secondary N) is 1. The molecule has 88 valence electrons. The highest BCUT2D eigenvalue weighted by atomic mass is 16.5. The fourth-order valence-electron chi connectivity index (χ4n) is 2.59. The molecule has 1 N–H and O–H groups in total. The highest BCUT2D eigenvalue weighted by Gasteiger charge is 2.53. The van der Waals surface area contributed by atoms with Gasteiger partial charge in [-0.05, 0) is 42.9 Å².